The third-order valence-electron chi connectivity index (χ3n) is 6.11. The Labute approximate surface area is 186 Å². The van der Waals surface area contributed by atoms with Crippen molar-refractivity contribution in [3.63, 3.8) is 0 Å². The van der Waals surface area contributed by atoms with Crippen molar-refractivity contribution in [2.75, 3.05) is 23.8 Å². The number of imidazole rings is 1. The van der Waals surface area contributed by atoms with E-state index in [2.05, 4.69) is 25.6 Å². The van der Waals surface area contributed by atoms with Crippen LogP contribution in [-0.2, 0) is 9.53 Å². The van der Waals surface area contributed by atoms with E-state index in [1.54, 1.807) is 4.57 Å². The van der Waals surface area contributed by atoms with Gasteiger partial charge in [0, 0.05) is 24.1 Å². The second kappa shape index (κ2) is 8.50. The van der Waals surface area contributed by atoms with Crippen molar-refractivity contribution in [3.05, 3.63) is 35.8 Å². The molecule has 5 rings (SSSR count). The van der Waals surface area contributed by atoms with Gasteiger partial charge in [0.15, 0.2) is 17.3 Å². The van der Waals surface area contributed by atoms with Crippen molar-refractivity contribution in [2.45, 2.75) is 37.8 Å². The average molecular weight is 461 g/mol. The Kier molecular flexibility index (Phi) is 5.52. The first-order chi connectivity index (χ1) is 15.9. The maximum atomic E-state index is 14.3. The Balaban J connectivity index is 1.54. The Morgan fingerprint density at radius 2 is 1.79 bits per heavy atom. The van der Waals surface area contributed by atoms with Gasteiger partial charge in [0.2, 0.25) is 17.8 Å². The molecule has 1 amide bonds. The highest BCUT2D eigenvalue weighted by atomic mass is 19.1. The number of hydrogen-bond donors (Lipinski definition) is 3. The predicted molar refractivity (Wildman–Crippen MR) is 113 cm³/mol. The molecule has 0 bridgehead atoms. The molecule has 3 heterocycles. The van der Waals surface area contributed by atoms with Gasteiger partial charge in [-0.1, -0.05) is 0 Å². The van der Waals surface area contributed by atoms with E-state index < -0.39 is 23.1 Å². The summed E-state index contributed by atoms with van der Waals surface area (Å²) in [4.78, 5) is 24.9. The molecule has 1 aliphatic carbocycles. The van der Waals surface area contributed by atoms with E-state index >= 15 is 0 Å². The van der Waals surface area contributed by atoms with Gasteiger partial charge in [0.1, 0.15) is 17.0 Å². The zero-order valence-electron chi connectivity index (χ0n) is 17.5. The van der Waals surface area contributed by atoms with Gasteiger partial charge in [-0.25, -0.2) is 23.1 Å². The molecule has 2 aliphatic rings. The van der Waals surface area contributed by atoms with Crippen molar-refractivity contribution in [2.24, 2.45) is 11.7 Å². The largest absolute Gasteiger partial charge is 0.377 e. The van der Waals surface area contributed by atoms with E-state index in [4.69, 9.17) is 10.5 Å². The van der Waals surface area contributed by atoms with E-state index in [1.165, 1.54) is 6.20 Å². The molecule has 0 spiro atoms. The summed E-state index contributed by atoms with van der Waals surface area (Å²) in [5, 5.41) is 5.85. The van der Waals surface area contributed by atoms with Crippen molar-refractivity contribution in [1.29, 1.82) is 0 Å². The van der Waals surface area contributed by atoms with Crippen molar-refractivity contribution in [1.82, 2.24) is 19.5 Å². The molecule has 4 N–H and O–H groups in total. The SMILES string of the molecule is NC(=O)C1CCC(n2c(Nc3c(F)cc(F)cc3F)nc3cnc(NC4COC4)nc32)CC1. The molecule has 2 aromatic heterocycles. The average Bonchev–Trinajstić information content (AvgIpc) is 3.10. The summed E-state index contributed by atoms with van der Waals surface area (Å²) in [5.41, 5.74) is 5.84. The number of amides is 1. The van der Waals surface area contributed by atoms with E-state index in [1.807, 2.05) is 0 Å². The summed E-state index contributed by atoms with van der Waals surface area (Å²) in [6, 6.07) is 1.15. The zero-order chi connectivity index (χ0) is 23.1. The molecular weight excluding hydrogens is 439 g/mol. The number of benzene rings is 1. The Hall–Kier alpha value is -3.41. The van der Waals surface area contributed by atoms with Crippen LogP contribution in [0.4, 0.5) is 30.8 Å². The predicted octanol–water partition coefficient (Wildman–Crippen LogP) is 3.01. The topological polar surface area (TPSA) is 120 Å². The summed E-state index contributed by atoms with van der Waals surface area (Å²) in [6.45, 7) is 1.10. The fourth-order valence-electron chi connectivity index (χ4n) is 4.29. The van der Waals surface area contributed by atoms with Gasteiger partial charge in [0.25, 0.3) is 0 Å². The number of fused-ring (bicyclic) bond motifs is 1. The van der Waals surface area contributed by atoms with E-state index in [0.717, 1.165) is 0 Å². The Morgan fingerprint density at radius 3 is 2.39 bits per heavy atom. The second-order valence-corrected chi connectivity index (χ2v) is 8.36. The molecule has 9 nitrogen and oxygen atoms in total. The first kappa shape index (κ1) is 21.4. The third-order valence-corrected chi connectivity index (χ3v) is 6.11. The number of carbonyl (C=O) groups is 1. The minimum absolute atomic E-state index is 0.102. The van der Waals surface area contributed by atoms with Gasteiger partial charge < -0.3 is 21.1 Å². The Morgan fingerprint density at radius 1 is 1.09 bits per heavy atom. The first-order valence-corrected chi connectivity index (χ1v) is 10.7. The van der Waals surface area contributed by atoms with Gasteiger partial charge in [-0.3, -0.25) is 9.36 Å². The van der Waals surface area contributed by atoms with E-state index in [-0.39, 0.29) is 29.9 Å². The molecule has 0 unspecified atom stereocenters. The third kappa shape index (κ3) is 4.17. The zero-order valence-corrected chi connectivity index (χ0v) is 17.5. The molecule has 3 aromatic rings. The number of nitrogens with zero attached hydrogens (tertiary/aromatic N) is 4. The van der Waals surface area contributed by atoms with Crippen LogP contribution in [0.25, 0.3) is 11.2 Å². The number of hydrogen-bond acceptors (Lipinski definition) is 7. The highest BCUT2D eigenvalue weighted by Gasteiger charge is 2.30. The molecule has 1 saturated carbocycles. The number of nitrogens with one attached hydrogen (secondary N) is 2. The summed E-state index contributed by atoms with van der Waals surface area (Å²) >= 11 is 0. The fourth-order valence-corrected chi connectivity index (χ4v) is 4.29. The molecule has 2 fully saturated rings. The van der Waals surface area contributed by atoms with Crippen LogP contribution in [0.5, 0.6) is 0 Å². The van der Waals surface area contributed by atoms with Crippen LogP contribution in [0.2, 0.25) is 0 Å². The van der Waals surface area contributed by atoms with Crippen LogP contribution in [0, 0.1) is 23.4 Å². The van der Waals surface area contributed by atoms with Crippen LogP contribution >= 0.6 is 0 Å². The lowest BCUT2D eigenvalue weighted by atomic mass is 9.85. The van der Waals surface area contributed by atoms with Gasteiger partial charge in [-0.15, -0.1) is 0 Å². The van der Waals surface area contributed by atoms with Gasteiger partial charge in [-0.2, -0.15) is 4.98 Å². The summed E-state index contributed by atoms with van der Waals surface area (Å²) < 4.78 is 49.0. The minimum atomic E-state index is -1.08. The number of anilines is 3. The monoisotopic (exact) mass is 461 g/mol. The lowest BCUT2D eigenvalue weighted by molar-refractivity contribution is -0.122. The molecule has 0 atom stereocenters. The minimum Gasteiger partial charge on any atom is -0.377 e. The molecule has 1 saturated heterocycles. The highest BCUT2D eigenvalue weighted by molar-refractivity contribution is 5.78. The number of carbonyl (C=O) groups excluding carboxylic acids is 1. The number of ether oxygens (including phenoxy) is 1. The number of rotatable bonds is 6. The molecule has 33 heavy (non-hydrogen) atoms. The molecular formula is C21H22F3N7O2. The van der Waals surface area contributed by atoms with E-state index in [9.17, 15) is 18.0 Å². The van der Waals surface area contributed by atoms with Crippen LogP contribution in [-0.4, -0.2) is 44.7 Å². The van der Waals surface area contributed by atoms with Crippen molar-refractivity contribution in [3.8, 4) is 0 Å². The fraction of sp³-hybridized carbons (Fsp3) is 0.429. The first-order valence-electron chi connectivity index (χ1n) is 10.7. The van der Waals surface area contributed by atoms with Crippen molar-refractivity contribution >= 4 is 34.7 Å². The quantitative estimate of drug-likeness (QED) is 0.516. The smallest absolute Gasteiger partial charge is 0.225 e. The van der Waals surface area contributed by atoms with Crippen LogP contribution in [0.1, 0.15) is 31.7 Å². The maximum absolute atomic E-state index is 14.3. The van der Waals surface area contributed by atoms with Crippen LogP contribution in [0.3, 0.4) is 0 Å². The van der Waals surface area contributed by atoms with Gasteiger partial charge in [0.05, 0.1) is 25.5 Å². The number of aromatic nitrogens is 4. The molecule has 0 radical (unpaired) electrons. The van der Waals surface area contributed by atoms with Crippen LogP contribution < -0.4 is 16.4 Å². The van der Waals surface area contributed by atoms with Gasteiger partial charge in [-0.05, 0) is 25.7 Å². The maximum Gasteiger partial charge on any atom is 0.225 e. The summed E-state index contributed by atoms with van der Waals surface area (Å²) in [7, 11) is 0. The Bertz CT molecular complexity index is 1180. The lowest BCUT2D eigenvalue weighted by Crippen LogP contribution is -2.40. The number of primary amides is 1. The summed E-state index contributed by atoms with van der Waals surface area (Å²) in [5.74, 6) is -3.21. The standard InChI is InChI=1S/C21H22F3N7O2/c22-11-5-14(23)17(15(24)6-11)29-21-28-16-7-26-20(27-12-8-33-9-12)30-19(16)31(21)13-3-1-10(2-4-13)18(25)32/h5-7,10,12-13H,1-4,8-9H2,(H2,25,32)(H,28,29)(H,26,27,30). The summed E-state index contributed by atoms with van der Waals surface area (Å²) in [6.07, 6.45) is 3.89. The van der Waals surface area contributed by atoms with Crippen molar-refractivity contribution < 1.29 is 22.7 Å². The number of nitrogens with two attached hydrogens (primary N) is 1. The molecule has 1 aliphatic heterocycles. The van der Waals surface area contributed by atoms with Gasteiger partial charge >= 0.3 is 0 Å². The second-order valence-electron chi connectivity index (χ2n) is 8.36. The normalized spacial score (nSPS) is 21.1. The molecule has 12 heteroatoms. The highest BCUT2D eigenvalue weighted by Crippen LogP contribution is 2.37. The van der Waals surface area contributed by atoms with Crippen LogP contribution in [0.15, 0.2) is 18.3 Å². The number of halogens is 3. The lowest BCUT2D eigenvalue weighted by Gasteiger charge is -2.29. The molecule has 174 valence electrons. The molecule has 1 aromatic carbocycles. The van der Waals surface area contributed by atoms with E-state index in [0.29, 0.717) is 68.1 Å².